The molecule has 2 aromatic heterocycles. The molecule has 0 saturated heterocycles. The molecular formula is C23H29N4O4. The van der Waals surface area contributed by atoms with Gasteiger partial charge < -0.3 is 15.5 Å². The minimum atomic E-state index is -0.517. The molecule has 0 spiro atoms. The molecule has 2 amide bonds. The van der Waals surface area contributed by atoms with Gasteiger partial charge in [0.2, 0.25) is 23.5 Å². The number of oxazole rings is 1. The number of Topliss-reactive ketones (excluding diaryl/α,β-unsaturated/α-hetero) is 1. The Bertz CT molecular complexity index is 904. The van der Waals surface area contributed by atoms with Gasteiger partial charge in [0.1, 0.15) is 0 Å². The molecule has 0 aliphatic heterocycles. The Morgan fingerprint density at radius 1 is 1.29 bits per heavy atom. The van der Waals surface area contributed by atoms with Gasteiger partial charge in [-0.25, -0.2) is 4.98 Å². The first-order chi connectivity index (χ1) is 14.9. The summed E-state index contributed by atoms with van der Waals surface area (Å²) in [4.78, 5) is 44.9. The maximum atomic E-state index is 12.8. The van der Waals surface area contributed by atoms with Crippen molar-refractivity contribution in [3.63, 3.8) is 0 Å². The quantitative estimate of drug-likeness (QED) is 0.563. The summed E-state index contributed by atoms with van der Waals surface area (Å²) in [5, 5.41) is 2.64. The van der Waals surface area contributed by atoms with Crippen molar-refractivity contribution < 1.29 is 18.8 Å². The van der Waals surface area contributed by atoms with Gasteiger partial charge in [-0.3, -0.25) is 19.4 Å². The van der Waals surface area contributed by atoms with E-state index in [9.17, 15) is 14.4 Å². The Hall–Kier alpha value is -3.03. The molecule has 2 aromatic rings. The van der Waals surface area contributed by atoms with Crippen molar-refractivity contribution in [1.29, 1.82) is 0 Å². The number of pyridine rings is 1. The van der Waals surface area contributed by atoms with Crippen LogP contribution in [0.4, 0.5) is 0 Å². The fraction of sp³-hybridized carbons (Fsp3) is 0.478. The number of nitrogens with two attached hydrogens (primary N) is 1. The second-order valence-electron chi connectivity index (χ2n) is 8.13. The van der Waals surface area contributed by atoms with E-state index in [-0.39, 0.29) is 30.5 Å². The lowest BCUT2D eigenvalue weighted by molar-refractivity contribution is -0.121. The van der Waals surface area contributed by atoms with Gasteiger partial charge in [0.05, 0.1) is 17.8 Å². The Kier molecular flexibility index (Phi) is 7.92. The Morgan fingerprint density at radius 2 is 2.06 bits per heavy atom. The second kappa shape index (κ2) is 10.8. The average molecular weight is 426 g/mol. The van der Waals surface area contributed by atoms with Crippen molar-refractivity contribution in [3.8, 4) is 11.5 Å². The molecule has 8 nitrogen and oxygen atoms in total. The standard InChI is InChI=1S/C23H29N4O4/c1-15(22(24)30)12-18-21(31-23(27-18)17-8-5-11-25-13-17)19(28)14-26-20(29)10-9-16-6-3-2-4-7-16/h5,8,10-11,13,15-16H,2-4,6-7,9,12,14H2,1H3,(H2,24,30)(H,26,29). The average Bonchev–Trinajstić information content (AvgIpc) is 3.21. The first-order valence-electron chi connectivity index (χ1n) is 10.8. The maximum absolute atomic E-state index is 12.8. The van der Waals surface area contributed by atoms with Crippen LogP contribution in [0.1, 0.15) is 61.7 Å². The van der Waals surface area contributed by atoms with Crippen LogP contribution in [-0.2, 0) is 16.0 Å². The summed E-state index contributed by atoms with van der Waals surface area (Å²) >= 11 is 0. The van der Waals surface area contributed by atoms with Crippen LogP contribution < -0.4 is 11.1 Å². The minimum absolute atomic E-state index is 0.0273. The van der Waals surface area contributed by atoms with E-state index in [2.05, 4.69) is 15.3 Å². The van der Waals surface area contributed by atoms with Crippen molar-refractivity contribution >= 4 is 17.6 Å². The van der Waals surface area contributed by atoms with Crippen molar-refractivity contribution in [3.05, 3.63) is 42.4 Å². The number of aromatic nitrogens is 2. The van der Waals surface area contributed by atoms with E-state index in [1.54, 1.807) is 37.9 Å². The fourth-order valence-corrected chi connectivity index (χ4v) is 3.73. The summed E-state index contributed by atoms with van der Waals surface area (Å²) in [5.74, 6) is -0.871. The van der Waals surface area contributed by atoms with Gasteiger partial charge in [-0.2, -0.15) is 0 Å². The summed E-state index contributed by atoms with van der Waals surface area (Å²) < 4.78 is 5.72. The fourth-order valence-electron chi connectivity index (χ4n) is 3.73. The summed E-state index contributed by atoms with van der Waals surface area (Å²) in [6, 6.07) is 3.49. The van der Waals surface area contributed by atoms with Gasteiger partial charge in [-0.1, -0.05) is 39.0 Å². The molecule has 8 heteroatoms. The number of carbonyl (C=O) groups excluding carboxylic acids is 3. The highest BCUT2D eigenvalue weighted by Gasteiger charge is 2.24. The lowest BCUT2D eigenvalue weighted by atomic mass is 9.86. The molecule has 0 aromatic carbocycles. The molecule has 1 saturated carbocycles. The number of rotatable bonds is 10. The number of nitrogens with one attached hydrogen (secondary N) is 1. The van der Waals surface area contributed by atoms with Crippen molar-refractivity contribution in [2.45, 2.75) is 51.9 Å². The molecule has 1 radical (unpaired) electrons. The van der Waals surface area contributed by atoms with Crippen LogP contribution in [0.5, 0.6) is 0 Å². The molecule has 3 N–H and O–H groups in total. The van der Waals surface area contributed by atoms with Crippen molar-refractivity contribution in [1.82, 2.24) is 15.3 Å². The molecule has 1 aliphatic carbocycles. The molecular weight excluding hydrogens is 396 g/mol. The number of hydrogen-bond acceptors (Lipinski definition) is 6. The highest BCUT2D eigenvalue weighted by molar-refractivity contribution is 5.99. The van der Waals surface area contributed by atoms with Crippen molar-refractivity contribution in [2.75, 3.05) is 6.54 Å². The van der Waals surface area contributed by atoms with Crippen LogP contribution in [-0.4, -0.2) is 34.1 Å². The minimum Gasteiger partial charge on any atom is -0.433 e. The Morgan fingerprint density at radius 3 is 2.74 bits per heavy atom. The SMILES string of the molecule is CC(Cc1nc(-c2cccnc2)oc1C(=O)CNC(=O)[CH]CC1CCCCC1)C(N)=O. The summed E-state index contributed by atoms with van der Waals surface area (Å²) in [7, 11) is 0. The summed E-state index contributed by atoms with van der Waals surface area (Å²) in [5.41, 5.74) is 6.32. The van der Waals surface area contributed by atoms with Crippen molar-refractivity contribution in [2.24, 2.45) is 17.6 Å². The third kappa shape index (κ3) is 6.47. The number of amides is 2. The predicted octanol–water partition coefficient (Wildman–Crippen LogP) is 2.87. The van der Waals surface area contributed by atoms with E-state index in [0.29, 0.717) is 17.2 Å². The van der Waals surface area contributed by atoms with Gasteiger partial charge in [0.25, 0.3) is 0 Å². The predicted molar refractivity (Wildman–Crippen MR) is 115 cm³/mol. The molecule has 1 fully saturated rings. The van der Waals surface area contributed by atoms with Gasteiger partial charge in [0.15, 0.2) is 5.76 Å². The van der Waals surface area contributed by atoms with Crippen LogP contribution in [0.2, 0.25) is 0 Å². The van der Waals surface area contributed by atoms with Crippen LogP contribution in [0.15, 0.2) is 28.9 Å². The molecule has 165 valence electrons. The van der Waals surface area contributed by atoms with E-state index in [1.165, 1.54) is 19.3 Å². The van der Waals surface area contributed by atoms with E-state index >= 15 is 0 Å². The van der Waals surface area contributed by atoms with Crippen LogP contribution >= 0.6 is 0 Å². The molecule has 1 unspecified atom stereocenters. The van der Waals surface area contributed by atoms with Gasteiger partial charge in [0, 0.05) is 31.2 Å². The lowest BCUT2D eigenvalue weighted by Gasteiger charge is -2.20. The first kappa shape index (κ1) is 22.7. The zero-order valence-corrected chi connectivity index (χ0v) is 17.8. The number of primary amides is 1. The molecule has 3 rings (SSSR count). The highest BCUT2D eigenvalue weighted by atomic mass is 16.4. The summed E-state index contributed by atoms with van der Waals surface area (Å²) in [6.45, 7) is 1.45. The van der Waals surface area contributed by atoms with Gasteiger partial charge in [-0.15, -0.1) is 0 Å². The van der Waals surface area contributed by atoms with E-state index in [0.717, 1.165) is 19.3 Å². The Labute approximate surface area is 182 Å². The lowest BCUT2D eigenvalue weighted by Crippen LogP contribution is -2.30. The van der Waals surface area contributed by atoms with Crippen LogP contribution in [0.25, 0.3) is 11.5 Å². The number of ketones is 1. The summed E-state index contributed by atoms with van der Waals surface area (Å²) in [6.07, 6.45) is 11.7. The van der Waals surface area contributed by atoms with Crippen LogP contribution in [0.3, 0.4) is 0 Å². The van der Waals surface area contributed by atoms with E-state index in [1.807, 2.05) is 0 Å². The number of hydrogen-bond donors (Lipinski definition) is 2. The highest BCUT2D eigenvalue weighted by Crippen LogP contribution is 2.27. The van der Waals surface area contributed by atoms with Crippen LogP contribution in [0, 0.1) is 18.3 Å². The molecule has 2 heterocycles. The molecule has 0 bridgehead atoms. The topological polar surface area (TPSA) is 128 Å². The zero-order chi connectivity index (χ0) is 22.2. The maximum Gasteiger partial charge on any atom is 0.228 e. The largest absolute Gasteiger partial charge is 0.433 e. The third-order valence-corrected chi connectivity index (χ3v) is 5.63. The van der Waals surface area contributed by atoms with Gasteiger partial charge in [-0.05, 0) is 24.5 Å². The number of carbonyl (C=O) groups is 3. The Balaban J connectivity index is 1.64. The van der Waals surface area contributed by atoms with Gasteiger partial charge >= 0.3 is 0 Å². The van der Waals surface area contributed by atoms with E-state index in [4.69, 9.17) is 10.2 Å². The third-order valence-electron chi connectivity index (χ3n) is 5.63. The zero-order valence-electron chi connectivity index (χ0n) is 17.8. The molecule has 1 atom stereocenters. The number of nitrogens with zero attached hydrogens (tertiary/aromatic N) is 2. The van der Waals surface area contributed by atoms with E-state index < -0.39 is 17.6 Å². The molecule has 1 aliphatic rings. The smallest absolute Gasteiger partial charge is 0.228 e. The monoisotopic (exact) mass is 425 g/mol. The normalized spacial score (nSPS) is 15.4. The molecule has 31 heavy (non-hydrogen) atoms. The second-order valence-corrected chi connectivity index (χ2v) is 8.13. The first-order valence-corrected chi connectivity index (χ1v) is 10.8.